The molecule has 0 spiro atoms. The number of hydrogen-bond acceptors (Lipinski definition) is 10. The minimum atomic E-state index is -0.0916. The molecule has 2 atom stereocenters. The SMILES string of the molecule is C1CNC1.Cc1cn2nc([C@@H]3CCCCN3C(=O)c3c(C)cccc3N)cc2nc1Cl.Cc1cn2nc([C@@H]3CCCCN3C(=O)c3c(C)cccc3N)cc2nc1N1CCC1. The van der Waals surface area contributed by atoms with E-state index in [4.69, 9.17) is 33.2 Å². The molecule has 8 heterocycles. The predicted octanol–water partition coefficient (Wildman–Crippen LogP) is 7.43. The zero-order valence-electron chi connectivity index (χ0n) is 35.7. The number of carbonyl (C=O) groups excluding carboxylic acids is 2. The van der Waals surface area contributed by atoms with Gasteiger partial charge in [0.2, 0.25) is 0 Å². The molecule has 4 aliphatic rings. The van der Waals surface area contributed by atoms with Crippen LogP contribution in [0.15, 0.2) is 60.9 Å². The summed E-state index contributed by atoms with van der Waals surface area (Å²) < 4.78 is 3.59. The number of anilines is 3. The number of nitrogens with zero attached hydrogens (tertiary/aromatic N) is 9. The molecule has 0 unspecified atom stereocenters. The van der Waals surface area contributed by atoms with Crippen molar-refractivity contribution in [1.82, 2.24) is 44.3 Å². The number of carbonyl (C=O) groups is 2. The Bertz CT molecular complexity index is 2480. The Balaban J connectivity index is 0.000000155. The first-order valence-corrected chi connectivity index (χ1v) is 22.0. The van der Waals surface area contributed by atoms with Gasteiger partial charge in [-0.25, -0.2) is 19.0 Å². The Labute approximate surface area is 362 Å². The number of aryl methyl sites for hydroxylation is 4. The summed E-state index contributed by atoms with van der Waals surface area (Å²) >= 11 is 6.15. The first kappa shape index (κ1) is 42.0. The second-order valence-electron chi connectivity index (χ2n) is 16.7. The molecule has 61 heavy (non-hydrogen) atoms. The molecule has 4 saturated heterocycles. The van der Waals surface area contributed by atoms with E-state index in [-0.39, 0.29) is 23.9 Å². The molecule has 6 aromatic rings. The average molecular weight is 845 g/mol. The maximum absolute atomic E-state index is 13.5. The van der Waals surface area contributed by atoms with Crippen LogP contribution in [-0.4, -0.2) is 90.1 Å². The van der Waals surface area contributed by atoms with Crippen molar-refractivity contribution in [3.05, 3.63) is 111 Å². The van der Waals surface area contributed by atoms with Crippen LogP contribution in [0.5, 0.6) is 0 Å². The minimum Gasteiger partial charge on any atom is -0.398 e. The van der Waals surface area contributed by atoms with Crippen molar-refractivity contribution >= 4 is 51.9 Å². The average Bonchev–Trinajstić information content (AvgIpc) is 3.80. The van der Waals surface area contributed by atoms with E-state index in [9.17, 15) is 9.59 Å². The molecule has 2 aromatic carbocycles. The Morgan fingerprint density at radius 1 is 0.639 bits per heavy atom. The number of nitrogens with one attached hydrogen (secondary N) is 1. The van der Waals surface area contributed by atoms with Gasteiger partial charge in [0.25, 0.3) is 11.8 Å². The van der Waals surface area contributed by atoms with Gasteiger partial charge in [0.1, 0.15) is 11.0 Å². The summed E-state index contributed by atoms with van der Waals surface area (Å²) in [7, 11) is 0. The van der Waals surface area contributed by atoms with E-state index < -0.39 is 0 Å². The van der Waals surface area contributed by atoms with E-state index in [1.54, 1.807) is 16.6 Å². The summed E-state index contributed by atoms with van der Waals surface area (Å²) in [6.07, 6.45) is 12.4. The lowest BCUT2D eigenvalue weighted by Crippen LogP contribution is -2.39. The Kier molecular flexibility index (Phi) is 12.4. The molecule has 4 fully saturated rings. The zero-order valence-corrected chi connectivity index (χ0v) is 36.5. The van der Waals surface area contributed by atoms with Gasteiger partial charge in [-0.05, 0) is 115 Å². The van der Waals surface area contributed by atoms with Crippen LogP contribution in [0.2, 0.25) is 5.15 Å². The first-order valence-electron chi connectivity index (χ1n) is 21.7. The van der Waals surface area contributed by atoms with Crippen LogP contribution >= 0.6 is 11.6 Å². The smallest absolute Gasteiger partial charge is 0.256 e. The van der Waals surface area contributed by atoms with Gasteiger partial charge in [-0.1, -0.05) is 35.9 Å². The van der Waals surface area contributed by atoms with Crippen molar-refractivity contribution in [2.45, 2.75) is 91.1 Å². The third-order valence-electron chi connectivity index (χ3n) is 12.3. The maximum Gasteiger partial charge on any atom is 0.256 e. The molecule has 0 aliphatic carbocycles. The molecule has 0 bridgehead atoms. The van der Waals surface area contributed by atoms with Crippen LogP contribution in [0.4, 0.5) is 17.2 Å². The van der Waals surface area contributed by atoms with Crippen molar-refractivity contribution in [1.29, 1.82) is 0 Å². The monoisotopic (exact) mass is 844 g/mol. The van der Waals surface area contributed by atoms with Crippen LogP contribution in [0.25, 0.3) is 11.3 Å². The lowest BCUT2D eigenvalue weighted by Gasteiger charge is -2.35. The lowest BCUT2D eigenvalue weighted by atomic mass is 9.96. The van der Waals surface area contributed by atoms with E-state index in [0.717, 1.165) is 103 Å². The molecule has 10 rings (SSSR count). The minimum absolute atomic E-state index is 0.00207. The highest BCUT2D eigenvalue weighted by molar-refractivity contribution is 6.30. The maximum atomic E-state index is 13.5. The van der Waals surface area contributed by atoms with Gasteiger partial charge in [-0.3, -0.25) is 9.59 Å². The van der Waals surface area contributed by atoms with Crippen LogP contribution in [0.1, 0.15) is 118 Å². The Hall–Kier alpha value is -5.73. The number of nitrogens with two attached hydrogens (primary N) is 2. The second-order valence-corrected chi connectivity index (χ2v) is 17.1. The number of nitrogen functional groups attached to an aromatic ring is 2. The molecular formula is C46H57ClN12O2. The number of likely N-dealkylation sites (tertiary alicyclic amines) is 2. The third kappa shape index (κ3) is 8.74. The molecule has 4 aliphatic heterocycles. The summed E-state index contributed by atoms with van der Waals surface area (Å²) in [6.45, 7) is 13.9. The number of rotatable bonds is 5. The van der Waals surface area contributed by atoms with Crippen molar-refractivity contribution in [2.24, 2.45) is 0 Å². The van der Waals surface area contributed by atoms with Crippen LogP contribution < -0.4 is 21.7 Å². The zero-order chi connectivity index (χ0) is 42.8. The van der Waals surface area contributed by atoms with Gasteiger partial charge >= 0.3 is 0 Å². The van der Waals surface area contributed by atoms with Gasteiger partial charge < -0.3 is 31.5 Å². The highest BCUT2D eigenvalue weighted by Crippen LogP contribution is 2.36. The number of fused-ring (bicyclic) bond motifs is 2. The van der Waals surface area contributed by atoms with E-state index in [1.165, 1.54) is 25.9 Å². The Morgan fingerprint density at radius 2 is 1.11 bits per heavy atom. The fourth-order valence-electron chi connectivity index (χ4n) is 8.59. The van der Waals surface area contributed by atoms with E-state index >= 15 is 0 Å². The fourth-order valence-corrected chi connectivity index (χ4v) is 8.73. The van der Waals surface area contributed by atoms with Crippen molar-refractivity contribution in [3.63, 3.8) is 0 Å². The molecule has 15 heteroatoms. The normalized spacial score (nSPS) is 18.7. The van der Waals surface area contributed by atoms with Crippen LogP contribution in [-0.2, 0) is 0 Å². The molecular weight excluding hydrogens is 788 g/mol. The van der Waals surface area contributed by atoms with Gasteiger partial charge in [0.05, 0.1) is 34.6 Å². The number of hydrogen-bond donors (Lipinski definition) is 3. The first-order chi connectivity index (χ1) is 29.5. The number of aromatic nitrogens is 6. The molecule has 5 N–H and O–H groups in total. The van der Waals surface area contributed by atoms with Crippen LogP contribution in [0, 0.1) is 27.7 Å². The Morgan fingerprint density at radius 3 is 1.56 bits per heavy atom. The number of piperidine rings is 2. The van der Waals surface area contributed by atoms with Crippen LogP contribution in [0.3, 0.4) is 0 Å². The number of benzene rings is 2. The third-order valence-corrected chi connectivity index (χ3v) is 12.7. The summed E-state index contributed by atoms with van der Waals surface area (Å²) in [4.78, 5) is 42.2. The highest BCUT2D eigenvalue weighted by atomic mass is 35.5. The van der Waals surface area contributed by atoms with Gasteiger partial charge in [0, 0.05) is 73.2 Å². The van der Waals surface area contributed by atoms with Crippen molar-refractivity contribution < 1.29 is 9.59 Å². The summed E-state index contributed by atoms with van der Waals surface area (Å²) in [5.74, 6) is 1.01. The van der Waals surface area contributed by atoms with E-state index in [0.29, 0.717) is 39.8 Å². The van der Waals surface area contributed by atoms with Gasteiger partial charge in [0.15, 0.2) is 11.3 Å². The standard InChI is InChI=1S/C23H28N6O.C20H22ClN5O.C3H7N/c1-15-7-5-8-17(24)21(15)23(30)28-12-4-3-9-19(28)18-13-20-25-22(27-10-6-11-27)16(2)14-29(20)26-18;1-12-6-5-7-14(22)18(12)20(27)25-9-4-3-8-16(25)15-10-17-23-19(21)13(2)11-26(17)24-15;1-2-4-3-1/h5,7-8,13-14,19H,3-4,6,9-12,24H2,1-2H3;5-7,10-11,16H,3-4,8-9,22H2,1-2H3;4H,1-3H2/t19-;16-;/m00./s1. The van der Waals surface area contributed by atoms with Crippen molar-refractivity contribution in [2.75, 3.05) is 55.6 Å². The van der Waals surface area contributed by atoms with Crippen molar-refractivity contribution in [3.8, 4) is 0 Å². The quantitative estimate of drug-likeness (QED) is 0.117. The topological polar surface area (TPSA) is 168 Å². The summed E-state index contributed by atoms with van der Waals surface area (Å²) in [5.41, 5.74) is 21.6. The molecule has 2 amide bonds. The molecule has 0 saturated carbocycles. The molecule has 14 nitrogen and oxygen atoms in total. The largest absolute Gasteiger partial charge is 0.398 e. The molecule has 0 radical (unpaired) electrons. The number of amides is 2. The van der Waals surface area contributed by atoms with Gasteiger partial charge in [-0.2, -0.15) is 10.2 Å². The highest BCUT2D eigenvalue weighted by Gasteiger charge is 2.34. The van der Waals surface area contributed by atoms with Gasteiger partial charge in [-0.15, -0.1) is 0 Å². The lowest BCUT2D eigenvalue weighted by molar-refractivity contribution is 0.0599. The molecule has 320 valence electrons. The second kappa shape index (κ2) is 18.1. The summed E-state index contributed by atoms with van der Waals surface area (Å²) in [6, 6.07) is 15.0. The predicted molar refractivity (Wildman–Crippen MR) is 241 cm³/mol. The fraction of sp³-hybridized carbons (Fsp3) is 0.435. The van der Waals surface area contributed by atoms with E-state index in [2.05, 4.69) is 27.2 Å². The van der Waals surface area contributed by atoms with E-state index in [1.807, 2.05) is 83.9 Å². The molecule has 4 aromatic heterocycles. The number of halogens is 1. The summed E-state index contributed by atoms with van der Waals surface area (Å²) in [5, 5.41) is 13.1.